The number of nitrogens with zero attached hydrogens (tertiary/aromatic N) is 3. The maximum Gasteiger partial charge on any atom is 0.268 e. The Morgan fingerprint density at radius 2 is 2.12 bits per heavy atom. The number of amides is 1. The summed E-state index contributed by atoms with van der Waals surface area (Å²) in [7, 11) is 1.63. The van der Waals surface area contributed by atoms with Gasteiger partial charge in [-0.1, -0.05) is 17.3 Å². The molecular weight excluding hydrogens is 326 g/mol. The molecular formula is C17H19N3O5. The van der Waals surface area contributed by atoms with Crippen LogP contribution in [-0.2, 0) is 9.53 Å². The molecule has 1 saturated heterocycles. The first-order valence-corrected chi connectivity index (χ1v) is 8.17. The van der Waals surface area contributed by atoms with Crippen molar-refractivity contribution in [3.8, 4) is 11.5 Å². The third kappa shape index (κ3) is 2.93. The normalized spacial score (nSPS) is 25.2. The first kappa shape index (κ1) is 15.9. The molecule has 0 radical (unpaired) electrons. The van der Waals surface area contributed by atoms with E-state index in [9.17, 15) is 4.79 Å². The van der Waals surface area contributed by atoms with Gasteiger partial charge in [-0.25, -0.2) is 0 Å². The molecule has 0 saturated carbocycles. The van der Waals surface area contributed by atoms with Crippen molar-refractivity contribution >= 4 is 5.91 Å². The van der Waals surface area contributed by atoms with Crippen LogP contribution in [0.25, 0.3) is 0 Å². The van der Waals surface area contributed by atoms with Crippen LogP contribution in [0.4, 0.5) is 0 Å². The average molecular weight is 345 g/mol. The molecule has 1 fully saturated rings. The molecule has 25 heavy (non-hydrogen) atoms. The number of para-hydroxylation sites is 2. The molecule has 132 valence electrons. The number of benzene rings is 1. The molecule has 1 aromatic carbocycles. The minimum atomic E-state index is -0.711. The summed E-state index contributed by atoms with van der Waals surface area (Å²) in [5, 5.41) is 3.83. The molecule has 0 bridgehead atoms. The topological polar surface area (TPSA) is 86.9 Å². The number of aryl methyl sites for hydroxylation is 1. The fourth-order valence-corrected chi connectivity index (χ4v) is 3.22. The van der Waals surface area contributed by atoms with Crippen molar-refractivity contribution in [1.82, 2.24) is 15.0 Å². The first-order valence-electron chi connectivity index (χ1n) is 8.17. The van der Waals surface area contributed by atoms with E-state index >= 15 is 0 Å². The summed E-state index contributed by atoms with van der Waals surface area (Å²) in [5.41, 5.74) is 0. The Kier molecular flexibility index (Phi) is 4.04. The van der Waals surface area contributed by atoms with E-state index in [0.717, 1.165) is 0 Å². The zero-order valence-electron chi connectivity index (χ0n) is 14.0. The molecule has 1 amide bonds. The fraction of sp³-hybridized carbons (Fsp3) is 0.471. The fourth-order valence-electron chi connectivity index (χ4n) is 3.22. The van der Waals surface area contributed by atoms with E-state index in [1.54, 1.807) is 25.0 Å². The van der Waals surface area contributed by atoms with Crippen LogP contribution in [0, 0.1) is 6.92 Å². The molecule has 2 aliphatic rings. The molecule has 8 nitrogen and oxygen atoms in total. The quantitative estimate of drug-likeness (QED) is 0.833. The second-order valence-electron chi connectivity index (χ2n) is 6.14. The number of hydrogen-bond acceptors (Lipinski definition) is 7. The van der Waals surface area contributed by atoms with E-state index in [4.69, 9.17) is 18.7 Å². The summed E-state index contributed by atoms with van der Waals surface area (Å²) in [5.74, 6) is 2.00. The summed E-state index contributed by atoms with van der Waals surface area (Å²) in [6.07, 6.45) is -0.191. The van der Waals surface area contributed by atoms with Gasteiger partial charge in [0.1, 0.15) is 12.6 Å². The minimum absolute atomic E-state index is 0.0852. The zero-order valence-corrected chi connectivity index (χ0v) is 14.0. The van der Waals surface area contributed by atoms with Crippen LogP contribution in [0.1, 0.15) is 24.2 Å². The van der Waals surface area contributed by atoms with Crippen molar-refractivity contribution in [2.75, 3.05) is 20.3 Å². The monoisotopic (exact) mass is 345 g/mol. The van der Waals surface area contributed by atoms with Gasteiger partial charge in [0.2, 0.25) is 12.0 Å². The van der Waals surface area contributed by atoms with Crippen LogP contribution in [-0.4, -0.2) is 53.4 Å². The van der Waals surface area contributed by atoms with Gasteiger partial charge in [0.05, 0.1) is 6.10 Å². The van der Waals surface area contributed by atoms with Gasteiger partial charge >= 0.3 is 0 Å². The van der Waals surface area contributed by atoms with E-state index in [1.807, 2.05) is 18.2 Å². The molecule has 8 heteroatoms. The summed E-state index contributed by atoms with van der Waals surface area (Å²) >= 11 is 0. The lowest BCUT2D eigenvalue weighted by atomic mass is 10.2. The van der Waals surface area contributed by atoms with Crippen LogP contribution in [0.5, 0.6) is 11.5 Å². The molecule has 0 aliphatic carbocycles. The van der Waals surface area contributed by atoms with Crippen molar-refractivity contribution in [2.45, 2.75) is 31.6 Å². The summed E-state index contributed by atoms with van der Waals surface area (Å²) < 4.78 is 22.2. The van der Waals surface area contributed by atoms with Crippen LogP contribution in [0.15, 0.2) is 28.8 Å². The zero-order chi connectivity index (χ0) is 17.4. The molecule has 4 rings (SSSR count). The maximum absolute atomic E-state index is 13.0. The van der Waals surface area contributed by atoms with Crippen LogP contribution in [0.2, 0.25) is 0 Å². The Bertz CT molecular complexity index is 777. The maximum atomic E-state index is 13.0. The Hall–Kier alpha value is -2.61. The first-order chi connectivity index (χ1) is 12.2. The van der Waals surface area contributed by atoms with Gasteiger partial charge in [0.15, 0.2) is 17.3 Å². The highest BCUT2D eigenvalue weighted by molar-refractivity contribution is 5.82. The van der Waals surface area contributed by atoms with Crippen LogP contribution in [0.3, 0.4) is 0 Å². The lowest BCUT2D eigenvalue weighted by molar-refractivity contribution is -0.143. The highest BCUT2D eigenvalue weighted by atomic mass is 16.6. The standard InChI is InChI=1S/C17H19N3O5/c1-10-18-16(25-19-10)12-7-11(22-2)8-20(12)17(21)15-9-23-13-5-3-4-6-14(13)24-15/h3-6,11-12,15H,7-9H2,1-2H3/t11-,12+,15+/m0/s1. The minimum Gasteiger partial charge on any atom is -0.485 e. The average Bonchev–Trinajstić information content (AvgIpc) is 3.26. The molecule has 2 aromatic rings. The van der Waals surface area contributed by atoms with Crippen molar-refractivity contribution in [1.29, 1.82) is 0 Å². The number of rotatable bonds is 3. The highest BCUT2D eigenvalue weighted by Gasteiger charge is 2.43. The molecule has 0 N–H and O–H groups in total. The molecule has 0 unspecified atom stereocenters. The summed E-state index contributed by atoms with van der Waals surface area (Å²) in [4.78, 5) is 19.0. The van der Waals surface area contributed by atoms with Gasteiger partial charge in [0, 0.05) is 20.1 Å². The highest BCUT2D eigenvalue weighted by Crippen LogP contribution is 2.36. The predicted molar refractivity (Wildman–Crippen MR) is 85.3 cm³/mol. The number of carbonyl (C=O) groups excluding carboxylic acids is 1. The largest absolute Gasteiger partial charge is 0.485 e. The molecule has 0 spiro atoms. The van der Waals surface area contributed by atoms with Gasteiger partial charge in [-0.2, -0.15) is 4.98 Å². The molecule has 2 aliphatic heterocycles. The molecule has 3 atom stereocenters. The number of carbonyl (C=O) groups is 1. The SMILES string of the molecule is CO[C@H]1C[C@H](c2nc(C)no2)N(C(=O)[C@H]2COc3ccccc3O2)C1. The van der Waals surface area contributed by atoms with E-state index in [0.29, 0.717) is 36.2 Å². The van der Waals surface area contributed by atoms with Crippen molar-refractivity contribution < 1.29 is 23.5 Å². The van der Waals surface area contributed by atoms with E-state index < -0.39 is 6.10 Å². The summed E-state index contributed by atoms with van der Waals surface area (Å²) in [6, 6.07) is 6.99. The molecule has 3 heterocycles. The third-order valence-corrected chi connectivity index (χ3v) is 4.49. The van der Waals surface area contributed by atoms with Crippen molar-refractivity contribution in [3.05, 3.63) is 36.0 Å². The van der Waals surface area contributed by atoms with Crippen molar-refractivity contribution in [3.63, 3.8) is 0 Å². The second kappa shape index (κ2) is 6.36. The predicted octanol–water partition coefficient (Wildman–Crippen LogP) is 1.51. The lowest BCUT2D eigenvalue weighted by Crippen LogP contribution is -2.46. The third-order valence-electron chi connectivity index (χ3n) is 4.49. The number of fused-ring (bicyclic) bond motifs is 1. The van der Waals surface area contributed by atoms with Gasteiger partial charge < -0.3 is 23.6 Å². The Morgan fingerprint density at radius 3 is 2.84 bits per heavy atom. The van der Waals surface area contributed by atoms with Crippen LogP contribution >= 0.6 is 0 Å². The number of aromatic nitrogens is 2. The lowest BCUT2D eigenvalue weighted by Gasteiger charge is -2.30. The van der Waals surface area contributed by atoms with E-state index in [2.05, 4.69) is 10.1 Å². The molecule has 1 aromatic heterocycles. The number of methoxy groups -OCH3 is 1. The summed E-state index contributed by atoms with van der Waals surface area (Å²) in [6.45, 7) is 2.36. The Morgan fingerprint density at radius 1 is 1.32 bits per heavy atom. The van der Waals surface area contributed by atoms with Gasteiger partial charge in [0.25, 0.3) is 5.91 Å². The second-order valence-corrected chi connectivity index (χ2v) is 6.14. The van der Waals surface area contributed by atoms with Gasteiger partial charge in [-0.15, -0.1) is 0 Å². The smallest absolute Gasteiger partial charge is 0.268 e. The van der Waals surface area contributed by atoms with Gasteiger partial charge in [-0.3, -0.25) is 4.79 Å². The Labute approximate surface area is 144 Å². The van der Waals surface area contributed by atoms with Gasteiger partial charge in [-0.05, 0) is 19.1 Å². The number of ether oxygens (including phenoxy) is 3. The van der Waals surface area contributed by atoms with E-state index in [1.165, 1.54) is 0 Å². The van der Waals surface area contributed by atoms with Crippen molar-refractivity contribution in [2.24, 2.45) is 0 Å². The van der Waals surface area contributed by atoms with Crippen LogP contribution < -0.4 is 9.47 Å². The number of hydrogen-bond donors (Lipinski definition) is 0. The van der Waals surface area contributed by atoms with E-state index in [-0.39, 0.29) is 24.7 Å². The number of likely N-dealkylation sites (tertiary alicyclic amines) is 1. The Balaban J connectivity index is 1.55.